The predicted octanol–water partition coefficient (Wildman–Crippen LogP) is 5.83. The molecular weight excluding hydrogens is 612 g/mol. The molecule has 0 spiro atoms. The number of esters is 2. The summed E-state index contributed by atoms with van der Waals surface area (Å²) in [4.78, 5) is 23.4. The van der Waals surface area contributed by atoms with Gasteiger partial charge in [0, 0.05) is 24.0 Å². The fraction of sp³-hybridized carbons (Fsp3) is 0.385. The van der Waals surface area contributed by atoms with Crippen LogP contribution in [0.3, 0.4) is 0 Å². The maximum atomic E-state index is 11.7. The Balaban J connectivity index is 1.85. The Morgan fingerprint density at radius 3 is 1.29 bits per heavy atom. The number of ether oxygens (including phenoxy) is 4. The van der Waals surface area contributed by atoms with E-state index in [-0.39, 0.29) is 43.3 Å². The third kappa shape index (κ3) is 10.7. The number of aliphatic hydroxyl groups excluding tert-OH is 2. The number of hydrogen-bond acceptors (Lipinski definition) is 9. The van der Waals surface area contributed by atoms with Gasteiger partial charge in [0.05, 0.1) is 0 Å². The van der Waals surface area contributed by atoms with E-state index in [1.807, 2.05) is 71.0 Å². The Morgan fingerprint density at radius 2 is 0.938 bits per heavy atom. The molecule has 0 bridgehead atoms. The van der Waals surface area contributed by atoms with Crippen molar-refractivity contribution in [1.29, 1.82) is 0 Å². The highest BCUT2D eigenvalue weighted by Gasteiger charge is 2.19. The van der Waals surface area contributed by atoms with Gasteiger partial charge in [0.15, 0.2) is 0 Å². The van der Waals surface area contributed by atoms with Crippen molar-refractivity contribution in [3.05, 3.63) is 111 Å². The Hall–Kier alpha value is -4.60. The van der Waals surface area contributed by atoms with Crippen LogP contribution < -0.4 is 9.47 Å². The summed E-state index contributed by atoms with van der Waals surface area (Å²) in [5.74, 6) is 0.169. The second kappa shape index (κ2) is 17.0. The van der Waals surface area contributed by atoms with Crippen LogP contribution in [0, 0.1) is 34.6 Å². The second-order valence-corrected chi connectivity index (χ2v) is 12.6. The third-order valence-corrected chi connectivity index (χ3v) is 7.52. The van der Waals surface area contributed by atoms with Crippen LogP contribution in [0.4, 0.5) is 0 Å². The van der Waals surface area contributed by atoms with Gasteiger partial charge in [-0.05, 0) is 81.8 Å². The molecule has 48 heavy (non-hydrogen) atoms. The molecule has 0 fully saturated rings. The Morgan fingerprint density at radius 1 is 0.604 bits per heavy atom. The first-order chi connectivity index (χ1) is 22.5. The standard InChI is InChI=1S/C39H48O9/c1-22(2)38(43)47-20-33(40)18-45-36-27(8)10-24(5)14-31(36)16-29-12-26(7)13-30(35(29)42)17-32-15-25(6)11-28(9)37(32)46-19-34(41)21-48-39(44)23(3)4/h10-15,33-34,40-42H,1,3,16-21H2,2,4-9H3. The van der Waals surface area contributed by atoms with Crippen LogP contribution in [0.25, 0.3) is 0 Å². The van der Waals surface area contributed by atoms with Gasteiger partial charge in [-0.1, -0.05) is 66.2 Å². The molecule has 0 aromatic heterocycles. The molecule has 3 N–H and O–H groups in total. The summed E-state index contributed by atoms with van der Waals surface area (Å²) in [6.07, 6.45) is -1.35. The molecule has 258 valence electrons. The van der Waals surface area contributed by atoms with Gasteiger partial charge in [-0.3, -0.25) is 0 Å². The molecule has 9 nitrogen and oxygen atoms in total. The Kier molecular flexibility index (Phi) is 13.4. The Labute approximate surface area is 283 Å². The van der Waals surface area contributed by atoms with Crippen molar-refractivity contribution in [2.45, 2.75) is 73.5 Å². The molecule has 0 heterocycles. The zero-order valence-corrected chi connectivity index (χ0v) is 29.1. The number of aromatic hydroxyl groups is 1. The molecule has 0 aliphatic rings. The average Bonchev–Trinajstić information content (AvgIpc) is 2.99. The van der Waals surface area contributed by atoms with Gasteiger partial charge in [-0.15, -0.1) is 0 Å². The highest BCUT2D eigenvalue weighted by molar-refractivity contribution is 5.87. The number of aliphatic hydroxyl groups is 2. The zero-order valence-electron chi connectivity index (χ0n) is 29.1. The van der Waals surface area contributed by atoms with Crippen LogP contribution in [-0.4, -0.2) is 65.9 Å². The summed E-state index contributed by atoms with van der Waals surface area (Å²) in [6.45, 7) is 19.3. The van der Waals surface area contributed by atoms with Gasteiger partial charge in [0.2, 0.25) is 0 Å². The summed E-state index contributed by atoms with van der Waals surface area (Å²) in [6, 6.07) is 11.8. The number of aryl methyl sites for hydroxylation is 5. The zero-order chi connectivity index (χ0) is 35.7. The lowest BCUT2D eigenvalue weighted by Crippen LogP contribution is -2.25. The van der Waals surface area contributed by atoms with Gasteiger partial charge in [0.1, 0.15) is 55.9 Å². The molecule has 0 aliphatic carbocycles. The van der Waals surface area contributed by atoms with Gasteiger partial charge in [-0.25, -0.2) is 9.59 Å². The predicted molar refractivity (Wildman–Crippen MR) is 185 cm³/mol. The quantitative estimate of drug-likeness (QED) is 0.128. The van der Waals surface area contributed by atoms with Crippen molar-refractivity contribution < 1.29 is 43.9 Å². The largest absolute Gasteiger partial charge is 0.507 e. The highest BCUT2D eigenvalue weighted by Crippen LogP contribution is 2.35. The molecule has 2 atom stereocenters. The van der Waals surface area contributed by atoms with Gasteiger partial charge in [0.25, 0.3) is 0 Å². The topological polar surface area (TPSA) is 132 Å². The first-order valence-corrected chi connectivity index (χ1v) is 15.8. The first-order valence-electron chi connectivity index (χ1n) is 15.8. The van der Waals surface area contributed by atoms with Crippen molar-refractivity contribution >= 4 is 11.9 Å². The van der Waals surface area contributed by atoms with Crippen LogP contribution in [-0.2, 0) is 31.9 Å². The van der Waals surface area contributed by atoms with Crippen LogP contribution in [0.2, 0.25) is 0 Å². The minimum Gasteiger partial charge on any atom is -0.507 e. The molecule has 3 aromatic rings. The van der Waals surface area contributed by atoms with Crippen molar-refractivity contribution in [2.24, 2.45) is 0 Å². The highest BCUT2D eigenvalue weighted by atomic mass is 16.6. The maximum Gasteiger partial charge on any atom is 0.333 e. The number of benzene rings is 3. The minimum atomic E-state index is -1.04. The smallest absolute Gasteiger partial charge is 0.333 e. The lowest BCUT2D eigenvalue weighted by Gasteiger charge is -2.20. The van der Waals surface area contributed by atoms with E-state index < -0.39 is 24.1 Å². The number of carbonyl (C=O) groups is 2. The van der Waals surface area contributed by atoms with Crippen LogP contribution in [0.1, 0.15) is 63.9 Å². The van der Waals surface area contributed by atoms with E-state index in [2.05, 4.69) is 13.2 Å². The summed E-state index contributed by atoms with van der Waals surface area (Å²) < 4.78 is 22.2. The molecule has 9 heteroatoms. The number of phenolic OH excluding ortho intramolecular Hbond substituents is 1. The number of rotatable bonds is 16. The lowest BCUT2D eigenvalue weighted by molar-refractivity contribution is -0.143. The molecule has 3 rings (SSSR count). The average molecular weight is 661 g/mol. The molecule has 2 unspecified atom stereocenters. The van der Waals surface area contributed by atoms with Crippen LogP contribution in [0.5, 0.6) is 17.2 Å². The van der Waals surface area contributed by atoms with Crippen molar-refractivity contribution in [3.8, 4) is 17.2 Å². The van der Waals surface area contributed by atoms with Crippen molar-refractivity contribution in [1.82, 2.24) is 0 Å². The number of hydrogen-bond donors (Lipinski definition) is 3. The Bertz CT molecular complexity index is 1550. The van der Waals surface area contributed by atoms with E-state index in [9.17, 15) is 24.9 Å². The lowest BCUT2D eigenvalue weighted by atomic mass is 9.92. The SMILES string of the molecule is C=C(C)C(=O)OCC(O)COc1c(C)cc(C)cc1Cc1cc(C)cc(Cc2cc(C)cc(C)c2OCC(O)COC(=O)C(=C)C)c1O. The number of phenols is 1. The van der Waals surface area contributed by atoms with Gasteiger partial charge in [-0.2, -0.15) is 0 Å². The summed E-state index contributed by atoms with van der Waals surface area (Å²) in [5, 5.41) is 32.4. The maximum absolute atomic E-state index is 11.7. The van der Waals surface area contributed by atoms with Crippen LogP contribution in [0.15, 0.2) is 60.7 Å². The molecule has 0 saturated heterocycles. The molecule has 0 aliphatic heterocycles. The van der Waals surface area contributed by atoms with Crippen molar-refractivity contribution in [3.63, 3.8) is 0 Å². The van der Waals surface area contributed by atoms with E-state index in [1.165, 1.54) is 13.8 Å². The molecule has 0 radical (unpaired) electrons. The third-order valence-electron chi connectivity index (χ3n) is 7.52. The van der Waals surface area contributed by atoms with E-state index in [0.717, 1.165) is 38.9 Å². The minimum absolute atomic E-state index is 0.0913. The van der Waals surface area contributed by atoms with E-state index in [4.69, 9.17) is 18.9 Å². The fourth-order valence-corrected chi connectivity index (χ4v) is 5.42. The van der Waals surface area contributed by atoms with E-state index >= 15 is 0 Å². The monoisotopic (exact) mass is 660 g/mol. The fourth-order valence-electron chi connectivity index (χ4n) is 5.42. The van der Waals surface area contributed by atoms with Crippen LogP contribution >= 0.6 is 0 Å². The summed E-state index contributed by atoms with van der Waals surface area (Å²) >= 11 is 0. The number of carbonyl (C=O) groups excluding carboxylic acids is 2. The normalized spacial score (nSPS) is 12.2. The van der Waals surface area contributed by atoms with E-state index in [0.29, 0.717) is 35.5 Å². The van der Waals surface area contributed by atoms with Gasteiger partial charge >= 0.3 is 11.9 Å². The molecule has 0 saturated carbocycles. The summed E-state index contributed by atoms with van der Waals surface area (Å²) in [5.41, 5.74) is 8.32. The van der Waals surface area contributed by atoms with Gasteiger partial charge < -0.3 is 34.3 Å². The second-order valence-electron chi connectivity index (χ2n) is 12.6. The molecular formula is C39H48O9. The molecule has 3 aromatic carbocycles. The van der Waals surface area contributed by atoms with E-state index in [1.54, 1.807) is 0 Å². The summed E-state index contributed by atoms with van der Waals surface area (Å²) in [7, 11) is 0. The molecule has 0 amide bonds. The first kappa shape index (κ1) is 37.9. The van der Waals surface area contributed by atoms with Crippen molar-refractivity contribution in [2.75, 3.05) is 26.4 Å².